The van der Waals surface area contributed by atoms with Crippen LogP contribution in [0, 0.1) is 0 Å². The van der Waals surface area contributed by atoms with Crippen LogP contribution in [0.5, 0.6) is 0 Å². The second kappa shape index (κ2) is 6.76. The second-order valence-electron chi connectivity index (χ2n) is 3.83. The Morgan fingerprint density at radius 1 is 1.39 bits per heavy atom. The molecular weight excluding hydrogens is 234 g/mol. The molecule has 0 aliphatic rings. The van der Waals surface area contributed by atoms with Gasteiger partial charge >= 0.3 is 5.97 Å². The lowest BCUT2D eigenvalue weighted by Gasteiger charge is -2.09. The van der Waals surface area contributed by atoms with Crippen LogP contribution in [0.2, 0.25) is 0 Å². The van der Waals surface area contributed by atoms with Crippen LogP contribution in [0.15, 0.2) is 18.2 Å². The molecule has 0 fully saturated rings. The first-order valence-corrected chi connectivity index (χ1v) is 5.73. The molecule has 0 atom stereocenters. The quantitative estimate of drug-likeness (QED) is 0.810. The molecule has 5 nitrogen and oxygen atoms in total. The van der Waals surface area contributed by atoms with Crippen molar-refractivity contribution in [1.29, 1.82) is 0 Å². The molecule has 0 spiro atoms. The molecular formula is C13H17NO4. The Bertz CT molecular complexity index is 443. The Balaban J connectivity index is 2.87. The molecule has 98 valence electrons. The minimum absolute atomic E-state index is 0.111. The summed E-state index contributed by atoms with van der Waals surface area (Å²) < 4.78 is 4.79. The van der Waals surface area contributed by atoms with E-state index in [4.69, 9.17) is 9.84 Å². The predicted molar refractivity (Wildman–Crippen MR) is 67.9 cm³/mol. The van der Waals surface area contributed by atoms with Gasteiger partial charge in [-0.25, -0.2) is 4.79 Å². The van der Waals surface area contributed by atoms with E-state index in [2.05, 4.69) is 5.32 Å². The number of carboxylic acids is 1. The number of carboxylic acid groups (broad SMARTS) is 1. The van der Waals surface area contributed by atoms with Crippen LogP contribution in [0.1, 0.15) is 29.3 Å². The summed E-state index contributed by atoms with van der Waals surface area (Å²) in [6.07, 6.45) is 0.948. The number of ether oxygens (including phenoxy) is 1. The number of amides is 1. The van der Waals surface area contributed by atoms with Gasteiger partial charge in [0.05, 0.1) is 24.3 Å². The van der Waals surface area contributed by atoms with Gasteiger partial charge in [-0.3, -0.25) is 4.79 Å². The highest BCUT2D eigenvalue weighted by Gasteiger charge is 2.12. The number of aryl methyl sites for hydroxylation is 1. The van der Waals surface area contributed by atoms with Gasteiger partial charge in [0, 0.05) is 7.11 Å². The van der Waals surface area contributed by atoms with E-state index in [-0.39, 0.29) is 17.9 Å². The minimum atomic E-state index is -1.05. The lowest BCUT2D eigenvalue weighted by atomic mass is 10.1. The highest BCUT2D eigenvalue weighted by Crippen LogP contribution is 2.18. The van der Waals surface area contributed by atoms with Crippen molar-refractivity contribution in [3.63, 3.8) is 0 Å². The molecule has 1 rings (SSSR count). The maximum atomic E-state index is 11.5. The molecule has 1 aromatic rings. The van der Waals surface area contributed by atoms with Crippen LogP contribution in [-0.4, -0.2) is 30.7 Å². The Morgan fingerprint density at radius 3 is 2.67 bits per heavy atom. The Labute approximate surface area is 106 Å². The van der Waals surface area contributed by atoms with Gasteiger partial charge in [0.25, 0.3) is 0 Å². The summed E-state index contributed by atoms with van der Waals surface area (Å²) in [5.41, 5.74) is 1.35. The molecule has 18 heavy (non-hydrogen) atoms. The van der Waals surface area contributed by atoms with Crippen LogP contribution in [-0.2, 0) is 16.0 Å². The standard InChI is InChI=1S/C13H17NO4/c1-3-9-4-5-11(10(8-9)13(16)17)14-12(15)6-7-18-2/h4-5,8H,3,6-7H2,1-2H3,(H,14,15)(H,16,17). The largest absolute Gasteiger partial charge is 0.478 e. The first-order chi connectivity index (χ1) is 8.58. The van der Waals surface area contributed by atoms with Crippen LogP contribution in [0.3, 0.4) is 0 Å². The zero-order chi connectivity index (χ0) is 13.5. The van der Waals surface area contributed by atoms with Crippen LogP contribution in [0.25, 0.3) is 0 Å². The van der Waals surface area contributed by atoms with Crippen molar-refractivity contribution in [2.75, 3.05) is 19.0 Å². The molecule has 5 heteroatoms. The molecule has 2 N–H and O–H groups in total. The smallest absolute Gasteiger partial charge is 0.337 e. The molecule has 1 amide bonds. The van der Waals surface area contributed by atoms with Gasteiger partial charge in [-0.15, -0.1) is 0 Å². The number of aromatic carboxylic acids is 1. The molecule has 0 aliphatic carbocycles. The van der Waals surface area contributed by atoms with E-state index in [1.54, 1.807) is 18.2 Å². The molecule has 0 saturated heterocycles. The highest BCUT2D eigenvalue weighted by atomic mass is 16.5. The number of rotatable bonds is 6. The van der Waals surface area contributed by atoms with Crippen molar-refractivity contribution in [2.45, 2.75) is 19.8 Å². The molecule has 0 aromatic heterocycles. The number of carbonyl (C=O) groups is 2. The number of methoxy groups -OCH3 is 1. The number of carbonyl (C=O) groups excluding carboxylic acids is 1. The average molecular weight is 251 g/mol. The van der Waals surface area contributed by atoms with E-state index in [1.165, 1.54) is 7.11 Å². The summed E-state index contributed by atoms with van der Waals surface area (Å²) in [6, 6.07) is 5.00. The molecule has 1 aromatic carbocycles. The summed E-state index contributed by atoms with van der Waals surface area (Å²) in [5.74, 6) is -1.31. The number of benzene rings is 1. The zero-order valence-corrected chi connectivity index (χ0v) is 10.5. The molecule has 0 heterocycles. The topological polar surface area (TPSA) is 75.6 Å². The lowest BCUT2D eigenvalue weighted by molar-refractivity contribution is -0.117. The van der Waals surface area contributed by atoms with Gasteiger partial charge in [0.1, 0.15) is 0 Å². The second-order valence-corrected chi connectivity index (χ2v) is 3.83. The minimum Gasteiger partial charge on any atom is -0.478 e. The molecule has 0 saturated carbocycles. The zero-order valence-electron chi connectivity index (χ0n) is 10.5. The van der Waals surface area contributed by atoms with E-state index in [0.29, 0.717) is 12.3 Å². The monoisotopic (exact) mass is 251 g/mol. The van der Waals surface area contributed by atoms with E-state index < -0.39 is 5.97 Å². The third-order valence-electron chi connectivity index (χ3n) is 2.53. The normalized spacial score (nSPS) is 10.1. The maximum Gasteiger partial charge on any atom is 0.337 e. The molecule has 0 unspecified atom stereocenters. The van der Waals surface area contributed by atoms with Crippen molar-refractivity contribution >= 4 is 17.6 Å². The fraction of sp³-hybridized carbons (Fsp3) is 0.385. The van der Waals surface area contributed by atoms with Crippen molar-refractivity contribution < 1.29 is 19.4 Å². The highest BCUT2D eigenvalue weighted by molar-refractivity contribution is 6.00. The van der Waals surface area contributed by atoms with Gasteiger partial charge in [0.15, 0.2) is 0 Å². The predicted octanol–water partition coefficient (Wildman–Crippen LogP) is 1.92. The fourth-order valence-corrected chi connectivity index (χ4v) is 1.50. The van der Waals surface area contributed by atoms with Crippen LogP contribution < -0.4 is 5.32 Å². The fourth-order valence-electron chi connectivity index (χ4n) is 1.50. The van der Waals surface area contributed by atoms with Crippen molar-refractivity contribution in [3.05, 3.63) is 29.3 Å². The van der Waals surface area contributed by atoms with Gasteiger partial charge in [-0.05, 0) is 24.1 Å². The summed E-state index contributed by atoms with van der Waals surface area (Å²) in [5, 5.41) is 11.7. The molecule has 0 aliphatic heterocycles. The Morgan fingerprint density at radius 2 is 2.11 bits per heavy atom. The van der Waals surface area contributed by atoms with E-state index >= 15 is 0 Å². The third kappa shape index (κ3) is 3.85. The summed E-state index contributed by atoms with van der Waals surface area (Å²) in [7, 11) is 1.51. The van der Waals surface area contributed by atoms with Gasteiger partial charge in [0.2, 0.25) is 5.91 Å². The lowest BCUT2D eigenvalue weighted by Crippen LogP contribution is -2.16. The van der Waals surface area contributed by atoms with E-state index in [9.17, 15) is 9.59 Å². The first-order valence-electron chi connectivity index (χ1n) is 5.73. The summed E-state index contributed by atoms with van der Waals surface area (Å²) in [4.78, 5) is 22.6. The average Bonchev–Trinajstić information content (AvgIpc) is 2.36. The van der Waals surface area contributed by atoms with E-state index in [0.717, 1.165) is 12.0 Å². The van der Waals surface area contributed by atoms with Gasteiger partial charge in [-0.1, -0.05) is 13.0 Å². The Kier molecular flexibility index (Phi) is 5.32. The number of anilines is 1. The van der Waals surface area contributed by atoms with Crippen LogP contribution in [0.4, 0.5) is 5.69 Å². The number of nitrogens with one attached hydrogen (secondary N) is 1. The summed E-state index contributed by atoms with van der Waals surface area (Å²) in [6.45, 7) is 2.25. The van der Waals surface area contributed by atoms with Crippen molar-refractivity contribution in [3.8, 4) is 0 Å². The summed E-state index contributed by atoms with van der Waals surface area (Å²) >= 11 is 0. The number of hydrogen-bond acceptors (Lipinski definition) is 3. The first kappa shape index (κ1) is 14.2. The SMILES string of the molecule is CCc1ccc(NC(=O)CCOC)c(C(=O)O)c1. The molecule has 0 radical (unpaired) electrons. The number of hydrogen-bond donors (Lipinski definition) is 2. The maximum absolute atomic E-state index is 11.5. The van der Waals surface area contributed by atoms with Crippen molar-refractivity contribution in [1.82, 2.24) is 0 Å². The molecule has 0 bridgehead atoms. The van der Waals surface area contributed by atoms with E-state index in [1.807, 2.05) is 6.92 Å². The van der Waals surface area contributed by atoms with Crippen molar-refractivity contribution in [2.24, 2.45) is 0 Å². The van der Waals surface area contributed by atoms with Gasteiger partial charge in [-0.2, -0.15) is 0 Å². The van der Waals surface area contributed by atoms with Gasteiger partial charge < -0.3 is 15.2 Å². The third-order valence-corrected chi connectivity index (χ3v) is 2.53. The Hall–Kier alpha value is -1.88. The van der Waals surface area contributed by atoms with Crippen LogP contribution >= 0.6 is 0 Å².